The van der Waals surface area contributed by atoms with Crippen molar-refractivity contribution in [2.24, 2.45) is 11.8 Å². The van der Waals surface area contributed by atoms with E-state index >= 15 is 0 Å². The summed E-state index contributed by atoms with van der Waals surface area (Å²) in [5, 5.41) is 5.98. The van der Waals surface area contributed by atoms with Gasteiger partial charge in [-0.25, -0.2) is 4.39 Å². The molecule has 2 amide bonds. The number of likely N-dealkylation sites (tertiary alicyclic amines) is 2. The average molecular weight is 404 g/mol. The summed E-state index contributed by atoms with van der Waals surface area (Å²) in [6, 6.07) is 7.25. The molecule has 7 nitrogen and oxygen atoms in total. The fourth-order valence-electron chi connectivity index (χ4n) is 4.74. The van der Waals surface area contributed by atoms with E-state index in [1.165, 1.54) is 0 Å². The summed E-state index contributed by atoms with van der Waals surface area (Å²) in [5.41, 5.74) is 1.78. The molecule has 3 fully saturated rings. The number of amides is 2. The molecule has 0 radical (unpaired) electrons. The molecule has 3 heterocycles. The first kappa shape index (κ1) is 20.1. The van der Waals surface area contributed by atoms with Gasteiger partial charge in [0.05, 0.1) is 6.04 Å². The minimum absolute atomic E-state index is 0.0756. The molecule has 158 valence electrons. The maximum absolute atomic E-state index is 14.0. The van der Waals surface area contributed by atoms with Crippen LogP contribution in [0.3, 0.4) is 0 Å². The molecule has 3 aliphatic heterocycles. The number of fused-ring (bicyclic) bond motifs is 1. The van der Waals surface area contributed by atoms with Crippen LogP contribution in [0.5, 0.6) is 0 Å². The van der Waals surface area contributed by atoms with Gasteiger partial charge in [0, 0.05) is 51.5 Å². The number of hydrogen-bond acceptors (Lipinski definition) is 5. The fraction of sp³-hybridized carbons (Fsp3) is 0.619. The lowest BCUT2D eigenvalue weighted by Gasteiger charge is -2.38. The van der Waals surface area contributed by atoms with Gasteiger partial charge in [0.1, 0.15) is 6.29 Å². The summed E-state index contributed by atoms with van der Waals surface area (Å²) >= 11 is 0. The SMILES string of the molecule is CCC1NC(N2CC3CN(C(=O)c4ccc(N(C)C)cc4)CC3C2)NC(=O)C1F. The summed E-state index contributed by atoms with van der Waals surface area (Å²) in [7, 11) is 3.95. The molecule has 4 rings (SSSR count). The van der Waals surface area contributed by atoms with E-state index in [0.717, 1.165) is 31.9 Å². The number of alkyl halides is 1. The second-order valence-electron chi connectivity index (χ2n) is 8.62. The molecule has 1 aromatic carbocycles. The van der Waals surface area contributed by atoms with Crippen molar-refractivity contribution in [1.29, 1.82) is 0 Å². The zero-order chi connectivity index (χ0) is 20.7. The third kappa shape index (κ3) is 3.83. The van der Waals surface area contributed by atoms with E-state index in [9.17, 15) is 14.0 Å². The molecular weight excluding hydrogens is 373 g/mol. The maximum atomic E-state index is 14.0. The van der Waals surface area contributed by atoms with E-state index in [1.807, 2.05) is 55.1 Å². The molecule has 0 aliphatic carbocycles. The summed E-state index contributed by atoms with van der Waals surface area (Å²) in [5.74, 6) is 0.297. The minimum atomic E-state index is -1.50. The highest BCUT2D eigenvalue weighted by molar-refractivity contribution is 5.94. The molecule has 0 saturated carbocycles. The van der Waals surface area contributed by atoms with Gasteiger partial charge in [0.2, 0.25) is 0 Å². The minimum Gasteiger partial charge on any atom is -0.378 e. The zero-order valence-electron chi connectivity index (χ0n) is 17.3. The van der Waals surface area contributed by atoms with Crippen LogP contribution in [-0.2, 0) is 4.79 Å². The Morgan fingerprint density at radius 3 is 2.31 bits per heavy atom. The highest BCUT2D eigenvalue weighted by Crippen LogP contribution is 2.33. The molecule has 29 heavy (non-hydrogen) atoms. The maximum Gasteiger partial charge on any atom is 0.258 e. The van der Waals surface area contributed by atoms with Gasteiger partial charge in [-0.05, 0) is 42.5 Å². The van der Waals surface area contributed by atoms with Crippen LogP contribution in [0, 0.1) is 11.8 Å². The topological polar surface area (TPSA) is 67.9 Å². The molecule has 0 bridgehead atoms. The van der Waals surface area contributed by atoms with Gasteiger partial charge in [-0.3, -0.25) is 19.8 Å². The first-order valence-electron chi connectivity index (χ1n) is 10.4. The van der Waals surface area contributed by atoms with Crippen LogP contribution in [0.4, 0.5) is 10.1 Å². The van der Waals surface area contributed by atoms with Gasteiger partial charge >= 0.3 is 0 Å². The lowest BCUT2D eigenvalue weighted by molar-refractivity contribution is -0.133. The summed E-state index contributed by atoms with van der Waals surface area (Å²) < 4.78 is 14.0. The van der Waals surface area contributed by atoms with E-state index in [-0.39, 0.29) is 12.2 Å². The van der Waals surface area contributed by atoms with Crippen LogP contribution in [0.15, 0.2) is 24.3 Å². The number of benzene rings is 1. The molecule has 8 heteroatoms. The number of carbonyl (C=O) groups is 2. The monoisotopic (exact) mass is 403 g/mol. The summed E-state index contributed by atoms with van der Waals surface area (Å²) in [4.78, 5) is 31.0. The Kier molecular flexibility index (Phi) is 5.48. The third-order valence-electron chi connectivity index (χ3n) is 6.49. The van der Waals surface area contributed by atoms with Crippen LogP contribution in [0.2, 0.25) is 0 Å². The van der Waals surface area contributed by atoms with Crippen LogP contribution in [0.1, 0.15) is 23.7 Å². The summed E-state index contributed by atoms with van der Waals surface area (Å²) in [6.45, 7) is 4.91. The Bertz CT molecular complexity index is 757. The number of anilines is 1. The van der Waals surface area contributed by atoms with Gasteiger partial charge in [0.25, 0.3) is 11.8 Å². The van der Waals surface area contributed by atoms with Crippen molar-refractivity contribution in [3.8, 4) is 0 Å². The van der Waals surface area contributed by atoms with E-state index in [2.05, 4.69) is 15.5 Å². The van der Waals surface area contributed by atoms with E-state index < -0.39 is 18.1 Å². The highest BCUT2D eigenvalue weighted by atomic mass is 19.1. The molecule has 5 atom stereocenters. The first-order valence-corrected chi connectivity index (χ1v) is 10.4. The lowest BCUT2D eigenvalue weighted by Crippen LogP contribution is -2.67. The van der Waals surface area contributed by atoms with Crippen molar-refractivity contribution < 1.29 is 14.0 Å². The predicted molar refractivity (Wildman–Crippen MR) is 109 cm³/mol. The first-order chi connectivity index (χ1) is 13.9. The standard InChI is InChI=1S/C21H30FN5O2/c1-4-17-18(22)19(28)24-21(23-17)27-11-14-9-26(10-15(14)12-27)20(29)13-5-7-16(8-6-13)25(2)3/h5-8,14-15,17-18,21,23H,4,9-12H2,1-3H3,(H,24,28). The normalized spacial score (nSPS) is 32.2. The van der Waals surface area contributed by atoms with Crippen molar-refractivity contribution in [2.45, 2.75) is 31.8 Å². The Morgan fingerprint density at radius 1 is 1.14 bits per heavy atom. The Labute approximate surface area is 171 Å². The molecule has 1 aromatic rings. The molecule has 3 aliphatic rings. The number of nitrogens with one attached hydrogen (secondary N) is 2. The highest BCUT2D eigenvalue weighted by Gasteiger charge is 2.46. The largest absolute Gasteiger partial charge is 0.378 e. The molecule has 5 unspecified atom stereocenters. The van der Waals surface area contributed by atoms with Crippen LogP contribution >= 0.6 is 0 Å². The predicted octanol–water partition coefficient (Wildman–Crippen LogP) is 0.876. The molecule has 0 spiro atoms. The quantitative estimate of drug-likeness (QED) is 0.781. The molecule has 2 N–H and O–H groups in total. The van der Waals surface area contributed by atoms with Gasteiger partial charge in [0.15, 0.2) is 6.17 Å². The Morgan fingerprint density at radius 2 is 1.76 bits per heavy atom. The molecule has 0 aromatic heterocycles. The number of carbonyl (C=O) groups excluding carboxylic acids is 2. The van der Waals surface area contributed by atoms with E-state index in [4.69, 9.17) is 0 Å². The molecular formula is C21H30FN5O2. The molecule has 3 saturated heterocycles. The van der Waals surface area contributed by atoms with Crippen molar-refractivity contribution in [1.82, 2.24) is 20.4 Å². The second kappa shape index (κ2) is 7.91. The van der Waals surface area contributed by atoms with E-state index in [1.54, 1.807) is 0 Å². The smallest absolute Gasteiger partial charge is 0.258 e. The third-order valence-corrected chi connectivity index (χ3v) is 6.49. The fourth-order valence-corrected chi connectivity index (χ4v) is 4.74. The zero-order valence-corrected chi connectivity index (χ0v) is 17.3. The van der Waals surface area contributed by atoms with Crippen LogP contribution in [0.25, 0.3) is 0 Å². The van der Waals surface area contributed by atoms with Crippen LogP contribution in [-0.4, -0.2) is 80.4 Å². The van der Waals surface area contributed by atoms with Gasteiger partial charge in [-0.1, -0.05) is 6.92 Å². The van der Waals surface area contributed by atoms with Crippen molar-refractivity contribution in [3.05, 3.63) is 29.8 Å². The summed E-state index contributed by atoms with van der Waals surface area (Å²) in [6.07, 6.45) is -1.25. The van der Waals surface area contributed by atoms with Crippen LogP contribution < -0.4 is 15.5 Å². The Balaban J connectivity index is 1.35. The van der Waals surface area contributed by atoms with Crippen molar-refractivity contribution >= 4 is 17.5 Å². The number of halogens is 1. The van der Waals surface area contributed by atoms with Gasteiger partial charge in [-0.15, -0.1) is 0 Å². The number of nitrogens with zero attached hydrogens (tertiary/aromatic N) is 3. The number of hydrogen-bond donors (Lipinski definition) is 2. The van der Waals surface area contributed by atoms with E-state index in [0.29, 0.717) is 23.8 Å². The van der Waals surface area contributed by atoms with Gasteiger partial charge in [-0.2, -0.15) is 0 Å². The lowest BCUT2D eigenvalue weighted by atomic mass is 10.0. The van der Waals surface area contributed by atoms with Crippen molar-refractivity contribution in [2.75, 3.05) is 45.2 Å². The number of rotatable bonds is 4. The Hall–Kier alpha value is -2.19. The second-order valence-corrected chi connectivity index (χ2v) is 8.62. The average Bonchev–Trinajstić information content (AvgIpc) is 3.28. The van der Waals surface area contributed by atoms with Crippen molar-refractivity contribution in [3.63, 3.8) is 0 Å². The van der Waals surface area contributed by atoms with Gasteiger partial charge < -0.3 is 15.1 Å².